The van der Waals surface area contributed by atoms with E-state index in [0.29, 0.717) is 9.76 Å². The van der Waals surface area contributed by atoms with E-state index in [4.69, 9.17) is 9.90 Å². The number of nitrogens with two attached hydrogens (primary N) is 1. The first-order chi connectivity index (χ1) is 5.54. The zero-order chi connectivity index (χ0) is 9.56. The van der Waals surface area contributed by atoms with E-state index >= 15 is 0 Å². The Hall–Kier alpha value is 0.0895. The van der Waals surface area contributed by atoms with Crippen LogP contribution in [0.25, 0.3) is 0 Å². The van der Waals surface area contributed by atoms with Gasteiger partial charge in [0.05, 0.1) is 0 Å². The molecule has 1 rings (SSSR count). The standard InChI is InChI=1S/C5H5NOS.CH3NO2.Cu.Na.H/c7-6-4-2-1-3-5(6)8;2-1(3)4;;;/h1-4,8H;2H2,(H,3,4);;;. The smallest absolute Gasteiger partial charge is 0.248 e. The number of carbonyl (C=O) groups is 1. The molecule has 5 nitrogen and oxygen atoms in total. The number of nitrogens with zero attached hydrogens (tertiary/aromatic N) is 1. The van der Waals surface area contributed by atoms with Crippen molar-refractivity contribution >= 4 is 48.3 Å². The van der Waals surface area contributed by atoms with Crippen LogP contribution >= 0.6 is 12.6 Å². The summed E-state index contributed by atoms with van der Waals surface area (Å²) in [5.74, 6) is 0. The van der Waals surface area contributed by atoms with Crippen molar-refractivity contribution in [2.45, 2.75) is 5.03 Å². The molecule has 1 amide bonds. The second kappa shape index (κ2) is 11.2. The maximum absolute atomic E-state index is 10.5. The monoisotopic (exact) mass is 275 g/mol. The molecule has 1 radical (unpaired) electrons. The van der Waals surface area contributed by atoms with Crippen LogP contribution in [0.4, 0.5) is 4.79 Å². The Bertz CT molecular complexity index is 252. The molecule has 1 aromatic heterocycles. The number of carboxylic acid groups (broad SMARTS) is 1. The van der Waals surface area contributed by atoms with Gasteiger partial charge in [-0.25, -0.2) is 4.79 Å². The Kier molecular flexibility index (Phi) is 15.7. The molecule has 14 heavy (non-hydrogen) atoms. The predicted molar refractivity (Wildman–Crippen MR) is 52.0 cm³/mol. The van der Waals surface area contributed by atoms with Crippen LogP contribution in [-0.4, -0.2) is 40.8 Å². The number of thiol groups is 1. The summed E-state index contributed by atoms with van der Waals surface area (Å²) in [7, 11) is 0. The topological polar surface area (TPSA) is 90.3 Å². The number of primary amides is 1. The van der Waals surface area contributed by atoms with E-state index in [9.17, 15) is 5.21 Å². The fourth-order valence-corrected chi connectivity index (χ4v) is 0.572. The molecule has 1 aromatic rings. The molecule has 0 atom stereocenters. The Morgan fingerprint density at radius 3 is 2.21 bits per heavy atom. The van der Waals surface area contributed by atoms with Gasteiger partial charge in [0.1, 0.15) is 0 Å². The molecule has 0 aliphatic rings. The molecule has 0 saturated carbocycles. The summed E-state index contributed by atoms with van der Waals surface area (Å²) in [6.07, 6.45) is 0.0718. The van der Waals surface area contributed by atoms with Crippen molar-refractivity contribution in [2.75, 3.05) is 0 Å². The van der Waals surface area contributed by atoms with Crippen molar-refractivity contribution in [1.29, 1.82) is 0 Å². The molecule has 0 aromatic carbocycles. The van der Waals surface area contributed by atoms with Crippen LogP contribution in [0.5, 0.6) is 0 Å². The Morgan fingerprint density at radius 2 is 2.00 bits per heavy atom. The summed E-state index contributed by atoms with van der Waals surface area (Å²) >= 11 is 3.85. The number of pyridine rings is 1. The predicted octanol–water partition coefficient (Wildman–Crippen LogP) is -0.419. The molecule has 8 heteroatoms. The molecular weight excluding hydrogens is 267 g/mol. The molecule has 0 aliphatic heterocycles. The zero-order valence-electron chi connectivity index (χ0n) is 6.35. The first-order valence-electron chi connectivity index (χ1n) is 2.89. The summed E-state index contributed by atoms with van der Waals surface area (Å²) in [4.78, 5) is 8.78. The van der Waals surface area contributed by atoms with Crippen molar-refractivity contribution < 1.29 is 31.7 Å². The zero-order valence-corrected chi connectivity index (χ0v) is 8.18. The van der Waals surface area contributed by atoms with Gasteiger partial charge in [-0.05, 0) is 6.07 Å². The second-order valence-corrected chi connectivity index (χ2v) is 2.18. The number of rotatable bonds is 0. The van der Waals surface area contributed by atoms with Gasteiger partial charge in [0.25, 0.3) is 0 Å². The van der Waals surface area contributed by atoms with Crippen molar-refractivity contribution in [3.63, 3.8) is 0 Å². The van der Waals surface area contributed by atoms with Crippen molar-refractivity contribution in [1.82, 2.24) is 0 Å². The van der Waals surface area contributed by atoms with Gasteiger partial charge in [-0.3, -0.25) is 0 Å². The van der Waals surface area contributed by atoms with Crippen molar-refractivity contribution in [2.24, 2.45) is 5.73 Å². The molecule has 0 saturated heterocycles. The third-order valence-corrected chi connectivity index (χ3v) is 1.15. The SMILES string of the molecule is NC(=O)O.[Cu].[NaH].[O-][n+]1ccccc1S. The molecule has 0 aliphatic carbocycles. The first-order valence-corrected chi connectivity index (χ1v) is 3.34. The van der Waals surface area contributed by atoms with Crippen LogP contribution < -0.4 is 10.5 Å². The molecule has 0 spiro atoms. The third kappa shape index (κ3) is 12.1. The Morgan fingerprint density at radius 1 is 1.57 bits per heavy atom. The Balaban J connectivity index is -0.000000180. The van der Waals surface area contributed by atoms with E-state index in [1.54, 1.807) is 18.2 Å². The van der Waals surface area contributed by atoms with Crippen LogP contribution in [0, 0.1) is 5.21 Å². The van der Waals surface area contributed by atoms with Gasteiger partial charge in [0, 0.05) is 29.2 Å². The molecule has 1 heterocycles. The van der Waals surface area contributed by atoms with Gasteiger partial charge >= 0.3 is 35.7 Å². The summed E-state index contributed by atoms with van der Waals surface area (Å²) in [5.41, 5.74) is 4.03. The quantitative estimate of drug-likeness (QED) is 0.260. The number of hydrogen-bond acceptors (Lipinski definition) is 3. The summed E-state index contributed by atoms with van der Waals surface area (Å²) < 4.78 is 0.698. The van der Waals surface area contributed by atoms with Crippen LogP contribution in [-0.2, 0) is 17.1 Å². The molecule has 3 N–H and O–H groups in total. The van der Waals surface area contributed by atoms with E-state index in [1.165, 1.54) is 6.20 Å². The van der Waals surface area contributed by atoms with Crippen molar-refractivity contribution in [3.8, 4) is 0 Å². The molecule has 0 unspecified atom stereocenters. The van der Waals surface area contributed by atoms with Gasteiger partial charge in [0.2, 0.25) is 5.03 Å². The van der Waals surface area contributed by atoms with Gasteiger partial charge < -0.3 is 16.0 Å². The average Bonchev–Trinajstić information content (AvgIpc) is 1.94. The first kappa shape index (κ1) is 19.6. The maximum Gasteiger partial charge on any atom is 0.248 e. The maximum atomic E-state index is 10.5. The minimum atomic E-state index is -1.33. The van der Waals surface area contributed by atoms with E-state index in [0.717, 1.165) is 0 Å². The van der Waals surface area contributed by atoms with E-state index < -0.39 is 6.09 Å². The molecule has 79 valence electrons. The third-order valence-electron chi connectivity index (χ3n) is 0.804. The summed E-state index contributed by atoms with van der Waals surface area (Å²) in [6, 6.07) is 5.06. The minimum absolute atomic E-state index is 0. The number of hydrogen-bond donors (Lipinski definition) is 3. The molecule has 0 fully saturated rings. The van der Waals surface area contributed by atoms with Gasteiger partial charge in [-0.2, -0.15) is 4.73 Å². The fourth-order valence-electron chi connectivity index (χ4n) is 0.419. The fraction of sp³-hybridized carbons (Fsp3) is 0. The van der Waals surface area contributed by atoms with E-state index in [-0.39, 0.29) is 46.6 Å². The number of amides is 1. The van der Waals surface area contributed by atoms with E-state index in [2.05, 4.69) is 18.4 Å². The van der Waals surface area contributed by atoms with Crippen molar-refractivity contribution in [3.05, 3.63) is 29.6 Å². The summed E-state index contributed by atoms with van der Waals surface area (Å²) in [5, 5.41) is 18.1. The van der Waals surface area contributed by atoms with Crippen LogP contribution in [0.1, 0.15) is 0 Å². The molecular formula is C6H9CuN2NaO3S. The number of aromatic nitrogens is 1. The van der Waals surface area contributed by atoms with Gasteiger partial charge in [-0.15, -0.1) is 0 Å². The van der Waals surface area contributed by atoms with Crippen LogP contribution in [0.3, 0.4) is 0 Å². The van der Waals surface area contributed by atoms with Crippen LogP contribution in [0.2, 0.25) is 0 Å². The second-order valence-electron chi connectivity index (χ2n) is 1.72. The van der Waals surface area contributed by atoms with Gasteiger partial charge in [-0.1, -0.05) is 12.6 Å². The van der Waals surface area contributed by atoms with Gasteiger partial charge in [0.15, 0.2) is 6.20 Å². The largest absolute Gasteiger partial charge is 0.618 e. The normalized spacial score (nSPS) is 6.93. The van der Waals surface area contributed by atoms with Crippen LogP contribution in [0.15, 0.2) is 29.4 Å². The van der Waals surface area contributed by atoms with E-state index in [1.807, 2.05) is 0 Å². The summed E-state index contributed by atoms with van der Waals surface area (Å²) in [6.45, 7) is 0. The molecule has 0 bridgehead atoms. The minimum Gasteiger partial charge on any atom is -0.618 e. The Labute approximate surface area is 119 Å². The average molecular weight is 276 g/mol.